The van der Waals surface area contributed by atoms with E-state index in [1.54, 1.807) is 0 Å². The SMILES string of the molecule is CC(=O)N[C@H]1C(O)O[C@H](CO)[C@@H](O)[C@@H]1O.Cl. The highest BCUT2D eigenvalue weighted by atomic mass is 35.5. The number of carbonyl (C=O) groups is 1. The van der Waals surface area contributed by atoms with E-state index in [9.17, 15) is 20.1 Å². The van der Waals surface area contributed by atoms with Gasteiger partial charge in [-0.25, -0.2) is 0 Å². The van der Waals surface area contributed by atoms with E-state index >= 15 is 0 Å². The smallest absolute Gasteiger partial charge is 0.217 e. The summed E-state index contributed by atoms with van der Waals surface area (Å²) in [6.45, 7) is 0.687. The average molecular weight is 258 g/mol. The van der Waals surface area contributed by atoms with Crippen LogP contribution in [0.2, 0.25) is 0 Å². The molecule has 1 aliphatic rings. The number of hydrogen-bond acceptors (Lipinski definition) is 6. The molecule has 0 saturated carbocycles. The van der Waals surface area contributed by atoms with Crippen molar-refractivity contribution in [2.45, 2.75) is 37.6 Å². The van der Waals surface area contributed by atoms with Gasteiger partial charge in [0.25, 0.3) is 0 Å². The number of aliphatic hydroxyl groups is 4. The molecule has 1 heterocycles. The van der Waals surface area contributed by atoms with Gasteiger partial charge in [-0.1, -0.05) is 0 Å². The van der Waals surface area contributed by atoms with Gasteiger partial charge in [0, 0.05) is 6.92 Å². The molecule has 1 amide bonds. The van der Waals surface area contributed by atoms with Crippen LogP contribution >= 0.6 is 12.4 Å². The maximum absolute atomic E-state index is 10.7. The standard InChI is InChI=1S/C8H15NO6.ClH/c1-3(11)9-5-7(13)6(12)4(2-10)15-8(5)14;/h4-8,10,12-14H,2H2,1H3,(H,9,11);1H/t4-,5-,6-,7-,8?;/m1./s1. The molecule has 0 bridgehead atoms. The Morgan fingerprint density at radius 2 is 1.88 bits per heavy atom. The Morgan fingerprint density at radius 1 is 1.31 bits per heavy atom. The quantitative estimate of drug-likeness (QED) is 0.369. The van der Waals surface area contributed by atoms with E-state index in [1.807, 2.05) is 0 Å². The van der Waals surface area contributed by atoms with Crippen LogP contribution in [0.3, 0.4) is 0 Å². The second-order valence-corrected chi connectivity index (χ2v) is 3.46. The summed E-state index contributed by atoms with van der Waals surface area (Å²) in [4.78, 5) is 10.7. The van der Waals surface area contributed by atoms with Crippen LogP contribution in [-0.4, -0.2) is 63.6 Å². The summed E-state index contributed by atoms with van der Waals surface area (Å²) in [6.07, 6.45) is -5.24. The van der Waals surface area contributed by atoms with Gasteiger partial charge < -0.3 is 30.5 Å². The molecule has 0 aliphatic carbocycles. The molecule has 8 heteroatoms. The van der Waals surface area contributed by atoms with Crippen molar-refractivity contribution in [2.75, 3.05) is 6.61 Å². The van der Waals surface area contributed by atoms with Gasteiger partial charge in [0.05, 0.1) is 6.61 Å². The summed E-state index contributed by atoms with van der Waals surface area (Å²) in [5.41, 5.74) is 0. The molecule has 16 heavy (non-hydrogen) atoms. The summed E-state index contributed by atoms with van der Waals surface area (Å²) in [5.74, 6) is -0.462. The number of halogens is 1. The predicted molar refractivity (Wildman–Crippen MR) is 54.8 cm³/mol. The van der Waals surface area contributed by atoms with E-state index in [0.717, 1.165) is 0 Å². The van der Waals surface area contributed by atoms with Crippen LogP contribution in [0, 0.1) is 0 Å². The average Bonchev–Trinajstić information content (AvgIpc) is 2.18. The van der Waals surface area contributed by atoms with Crippen LogP contribution in [0.4, 0.5) is 0 Å². The fourth-order valence-corrected chi connectivity index (χ4v) is 1.49. The van der Waals surface area contributed by atoms with E-state index in [4.69, 9.17) is 9.84 Å². The van der Waals surface area contributed by atoms with E-state index in [0.29, 0.717) is 0 Å². The molecule has 0 aromatic carbocycles. The summed E-state index contributed by atoms with van der Waals surface area (Å²) < 4.78 is 4.81. The number of rotatable bonds is 2. The summed E-state index contributed by atoms with van der Waals surface area (Å²) >= 11 is 0. The number of hydrogen-bond donors (Lipinski definition) is 5. The molecule has 1 fully saturated rings. The molecular weight excluding hydrogens is 242 g/mol. The van der Waals surface area contributed by atoms with E-state index in [1.165, 1.54) is 6.92 Å². The number of aliphatic hydroxyl groups excluding tert-OH is 4. The first-order valence-corrected chi connectivity index (χ1v) is 4.55. The van der Waals surface area contributed by atoms with Crippen LogP contribution in [0.15, 0.2) is 0 Å². The van der Waals surface area contributed by atoms with Crippen molar-refractivity contribution in [1.29, 1.82) is 0 Å². The van der Waals surface area contributed by atoms with Gasteiger partial charge >= 0.3 is 0 Å². The normalized spacial score (nSPS) is 38.7. The number of ether oxygens (including phenoxy) is 1. The maximum Gasteiger partial charge on any atom is 0.217 e. The molecule has 0 aromatic heterocycles. The van der Waals surface area contributed by atoms with Gasteiger partial charge in [-0.3, -0.25) is 4.79 Å². The third kappa shape index (κ3) is 3.27. The zero-order chi connectivity index (χ0) is 11.6. The lowest BCUT2D eigenvalue weighted by atomic mass is 9.97. The zero-order valence-corrected chi connectivity index (χ0v) is 9.42. The molecular formula is C8H16ClNO6. The monoisotopic (exact) mass is 257 g/mol. The predicted octanol–water partition coefficient (Wildman–Crippen LogP) is -2.66. The molecule has 1 rings (SSSR count). The van der Waals surface area contributed by atoms with Gasteiger partial charge in [0.1, 0.15) is 24.4 Å². The summed E-state index contributed by atoms with van der Waals surface area (Å²) in [5, 5.41) is 39.4. The first-order valence-electron chi connectivity index (χ1n) is 4.55. The maximum atomic E-state index is 10.7. The van der Waals surface area contributed by atoms with E-state index in [-0.39, 0.29) is 12.4 Å². The highest BCUT2D eigenvalue weighted by molar-refractivity contribution is 5.85. The summed E-state index contributed by atoms with van der Waals surface area (Å²) in [6, 6.07) is -1.10. The minimum atomic E-state index is -1.45. The molecule has 5 N–H and O–H groups in total. The molecule has 96 valence electrons. The minimum Gasteiger partial charge on any atom is -0.394 e. The van der Waals surface area contributed by atoms with Crippen molar-refractivity contribution in [1.82, 2.24) is 5.32 Å². The molecule has 0 aromatic rings. The van der Waals surface area contributed by atoms with E-state index < -0.39 is 43.2 Å². The topological polar surface area (TPSA) is 119 Å². The highest BCUT2D eigenvalue weighted by Crippen LogP contribution is 2.19. The fraction of sp³-hybridized carbons (Fsp3) is 0.875. The third-order valence-corrected chi connectivity index (χ3v) is 2.27. The summed E-state index contributed by atoms with van der Waals surface area (Å²) in [7, 11) is 0. The molecule has 1 unspecified atom stereocenters. The fourth-order valence-electron chi connectivity index (χ4n) is 1.49. The number of nitrogens with one attached hydrogen (secondary N) is 1. The third-order valence-electron chi connectivity index (χ3n) is 2.27. The Labute approximate surface area is 98.4 Å². The van der Waals surface area contributed by atoms with Crippen molar-refractivity contribution < 1.29 is 30.0 Å². The van der Waals surface area contributed by atoms with Crippen molar-refractivity contribution in [3.8, 4) is 0 Å². The zero-order valence-electron chi connectivity index (χ0n) is 8.61. The minimum absolute atomic E-state index is 0. The van der Waals surface area contributed by atoms with Gasteiger partial charge in [-0.15, -0.1) is 12.4 Å². The second-order valence-electron chi connectivity index (χ2n) is 3.46. The van der Waals surface area contributed by atoms with Crippen molar-refractivity contribution in [3.63, 3.8) is 0 Å². The van der Waals surface area contributed by atoms with Crippen LogP contribution in [0.1, 0.15) is 6.92 Å². The Morgan fingerprint density at radius 3 is 2.31 bits per heavy atom. The van der Waals surface area contributed by atoms with Crippen molar-refractivity contribution in [3.05, 3.63) is 0 Å². The Balaban J connectivity index is 0.00000225. The van der Waals surface area contributed by atoms with E-state index in [2.05, 4.69) is 5.32 Å². The Hall–Kier alpha value is -0.440. The van der Waals surface area contributed by atoms with Gasteiger partial charge in [-0.05, 0) is 0 Å². The molecule has 7 nitrogen and oxygen atoms in total. The Kier molecular flexibility index (Phi) is 6.16. The van der Waals surface area contributed by atoms with Crippen molar-refractivity contribution in [2.24, 2.45) is 0 Å². The lowest BCUT2D eigenvalue weighted by Crippen LogP contribution is -2.63. The first kappa shape index (κ1) is 15.6. The molecule has 0 spiro atoms. The lowest BCUT2D eigenvalue weighted by Gasteiger charge is -2.40. The van der Waals surface area contributed by atoms with Gasteiger partial charge in [0.2, 0.25) is 5.91 Å². The molecule has 1 aliphatic heterocycles. The van der Waals surface area contributed by atoms with Crippen LogP contribution in [0.5, 0.6) is 0 Å². The second kappa shape index (κ2) is 6.33. The van der Waals surface area contributed by atoms with Gasteiger partial charge in [-0.2, -0.15) is 0 Å². The highest BCUT2D eigenvalue weighted by Gasteiger charge is 2.43. The van der Waals surface area contributed by atoms with Gasteiger partial charge in [0.15, 0.2) is 6.29 Å². The molecule has 0 radical (unpaired) electrons. The largest absolute Gasteiger partial charge is 0.394 e. The molecule has 1 saturated heterocycles. The van der Waals surface area contributed by atoms with Crippen LogP contribution < -0.4 is 5.32 Å². The number of carbonyl (C=O) groups excluding carboxylic acids is 1. The van der Waals surface area contributed by atoms with Crippen molar-refractivity contribution >= 4 is 18.3 Å². The molecule has 5 atom stereocenters. The number of amides is 1. The van der Waals surface area contributed by atoms with Crippen LogP contribution in [-0.2, 0) is 9.53 Å². The first-order chi connectivity index (χ1) is 6.97. The van der Waals surface area contributed by atoms with Crippen LogP contribution in [0.25, 0.3) is 0 Å². The Bertz CT molecular complexity index is 241. The lowest BCUT2D eigenvalue weighted by molar-refractivity contribution is -0.253.